The molecule has 0 spiro atoms. The van der Waals surface area contributed by atoms with Gasteiger partial charge in [-0.15, -0.1) is 0 Å². The summed E-state index contributed by atoms with van der Waals surface area (Å²) in [6.07, 6.45) is -3.68. The second-order valence-corrected chi connectivity index (χ2v) is 6.21. The lowest BCUT2D eigenvalue weighted by Gasteiger charge is -2.20. The fourth-order valence-electron chi connectivity index (χ4n) is 2.72. The zero-order valence-electron chi connectivity index (χ0n) is 15.3. The van der Waals surface area contributed by atoms with Crippen LogP contribution in [0.3, 0.4) is 0 Å². The van der Waals surface area contributed by atoms with Crippen LogP contribution in [0.2, 0.25) is 0 Å². The standard InChI is InChI=1S/C20H23F3N2O2/c1-14(26)25-18-8-6-15(7-9-18)10-11-24-19(13-27-2)16-4-3-5-17(12-16)20(21,22)23/h3-9,12,19,24H,10-11,13H2,1-2H3,(H,25,26). The number of rotatable bonds is 8. The van der Waals surface area contributed by atoms with Gasteiger partial charge < -0.3 is 15.4 Å². The number of halogens is 3. The number of hydrogen-bond acceptors (Lipinski definition) is 3. The normalized spacial score (nSPS) is 12.6. The smallest absolute Gasteiger partial charge is 0.383 e. The van der Waals surface area contributed by atoms with Gasteiger partial charge in [-0.1, -0.05) is 24.3 Å². The summed E-state index contributed by atoms with van der Waals surface area (Å²) in [4.78, 5) is 11.0. The first-order valence-electron chi connectivity index (χ1n) is 8.55. The molecule has 0 saturated carbocycles. The maximum atomic E-state index is 12.9. The van der Waals surface area contributed by atoms with E-state index in [4.69, 9.17) is 4.74 Å². The highest BCUT2D eigenvalue weighted by Gasteiger charge is 2.30. The monoisotopic (exact) mass is 380 g/mol. The summed E-state index contributed by atoms with van der Waals surface area (Å²) in [7, 11) is 1.52. The maximum absolute atomic E-state index is 12.9. The molecule has 2 rings (SSSR count). The van der Waals surface area contributed by atoms with Gasteiger partial charge >= 0.3 is 6.18 Å². The number of benzene rings is 2. The van der Waals surface area contributed by atoms with Crippen molar-refractivity contribution in [1.82, 2.24) is 5.32 Å². The number of carbonyl (C=O) groups excluding carboxylic acids is 1. The molecule has 7 heteroatoms. The first kappa shape index (κ1) is 20.9. The molecule has 146 valence electrons. The van der Waals surface area contributed by atoms with E-state index in [1.807, 2.05) is 24.3 Å². The first-order valence-corrected chi connectivity index (χ1v) is 8.55. The molecule has 1 atom stereocenters. The minimum atomic E-state index is -4.37. The zero-order valence-corrected chi connectivity index (χ0v) is 15.3. The maximum Gasteiger partial charge on any atom is 0.416 e. The number of hydrogen-bond donors (Lipinski definition) is 2. The third-order valence-corrected chi connectivity index (χ3v) is 4.03. The third-order valence-electron chi connectivity index (χ3n) is 4.03. The van der Waals surface area contributed by atoms with Crippen molar-refractivity contribution in [1.29, 1.82) is 0 Å². The van der Waals surface area contributed by atoms with Gasteiger partial charge in [-0.05, 0) is 48.4 Å². The van der Waals surface area contributed by atoms with E-state index in [1.165, 1.54) is 20.1 Å². The highest BCUT2D eigenvalue weighted by atomic mass is 19.4. The van der Waals surface area contributed by atoms with E-state index in [1.54, 1.807) is 6.07 Å². The molecule has 0 bridgehead atoms. The van der Waals surface area contributed by atoms with Crippen LogP contribution in [0.15, 0.2) is 48.5 Å². The largest absolute Gasteiger partial charge is 0.416 e. The highest BCUT2D eigenvalue weighted by molar-refractivity contribution is 5.88. The lowest BCUT2D eigenvalue weighted by molar-refractivity contribution is -0.137. The van der Waals surface area contributed by atoms with Crippen molar-refractivity contribution >= 4 is 11.6 Å². The van der Waals surface area contributed by atoms with Gasteiger partial charge in [-0.3, -0.25) is 4.79 Å². The molecule has 0 heterocycles. The van der Waals surface area contributed by atoms with Crippen LogP contribution in [-0.2, 0) is 22.1 Å². The quantitative estimate of drug-likeness (QED) is 0.722. The van der Waals surface area contributed by atoms with Crippen molar-refractivity contribution in [2.75, 3.05) is 25.6 Å². The van der Waals surface area contributed by atoms with E-state index >= 15 is 0 Å². The summed E-state index contributed by atoms with van der Waals surface area (Å²) in [5, 5.41) is 5.95. The van der Waals surface area contributed by atoms with E-state index in [9.17, 15) is 18.0 Å². The van der Waals surface area contributed by atoms with Gasteiger partial charge in [0, 0.05) is 19.7 Å². The number of anilines is 1. The fourth-order valence-corrected chi connectivity index (χ4v) is 2.72. The molecule has 2 aromatic carbocycles. The molecule has 0 aliphatic rings. The number of ether oxygens (including phenoxy) is 1. The molecule has 0 aromatic heterocycles. The lowest BCUT2D eigenvalue weighted by atomic mass is 10.0. The van der Waals surface area contributed by atoms with Crippen LogP contribution in [0, 0.1) is 0 Å². The highest BCUT2D eigenvalue weighted by Crippen LogP contribution is 2.30. The fraction of sp³-hybridized carbons (Fsp3) is 0.350. The molecule has 0 saturated heterocycles. The summed E-state index contributed by atoms with van der Waals surface area (Å²) in [6, 6.07) is 12.4. The average molecular weight is 380 g/mol. The average Bonchev–Trinajstić information content (AvgIpc) is 2.61. The summed E-state index contributed by atoms with van der Waals surface area (Å²) in [5.41, 5.74) is 1.64. The molecule has 0 aliphatic heterocycles. The SMILES string of the molecule is COCC(NCCc1ccc(NC(C)=O)cc1)c1cccc(C(F)(F)F)c1. The van der Waals surface area contributed by atoms with Gasteiger partial charge in [0.15, 0.2) is 0 Å². The Morgan fingerprint density at radius 3 is 2.44 bits per heavy atom. The minimum Gasteiger partial charge on any atom is -0.383 e. The van der Waals surface area contributed by atoms with Crippen molar-refractivity contribution in [2.45, 2.75) is 25.6 Å². The Hall–Kier alpha value is -2.38. The van der Waals surface area contributed by atoms with E-state index in [2.05, 4.69) is 10.6 Å². The summed E-state index contributed by atoms with van der Waals surface area (Å²) < 4.78 is 43.9. The number of alkyl halides is 3. The number of amides is 1. The number of carbonyl (C=O) groups is 1. The van der Waals surface area contributed by atoms with Crippen LogP contribution in [-0.4, -0.2) is 26.2 Å². The Labute approximate surface area is 156 Å². The molecular formula is C20H23F3N2O2. The van der Waals surface area contributed by atoms with E-state index in [0.29, 0.717) is 18.5 Å². The summed E-state index contributed by atoms with van der Waals surface area (Å²) in [5.74, 6) is -0.132. The van der Waals surface area contributed by atoms with Gasteiger partial charge in [0.1, 0.15) is 0 Å². The van der Waals surface area contributed by atoms with Crippen LogP contribution in [0.4, 0.5) is 18.9 Å². The van der Waals surface area contributed by atoms with Gasteiger partial charge in [0.25, 0.3) is 0 Å². The second-order valence-electron chi connectivity index (χ2n) is 6.21. The summed E-state index contributed by atoms with van der Waals surface area (Å²) >= 11 is 0. The van der Waals surface area contributed by atoms with Gasteiger partial charge in [-0.2, -0.15) is 13.2 Å². The number of nitrogens with one attached hydrogen (secondary N) is 2. The molecule has 0 radical (unpaired) electrons. The van der Waals surface area contributed by atoms with Crippen molar-refractivity contribution in [3.63, 3.8) is 0 Å². The van der Waals surface area contributed by atoms with Crippen molar-refractivity contribution < 1.29 is 22.7 Å². The lowest BCUT2D eigenvalue weighted by Crippen LogP contribution is -2.27. The van der Waals surface area contributed by atoms with Crippen molar-refractivity contribution in [3.8, 4) is 0 Å². The molecular weight excluding hydrogens is 357 g/mol. The molecule has 27 heavy (non-hydrogen) atoms. The van der Waals surface area contributed by atoms with Crippen LogP contribution in [0.1, 0.15) is 29.7 Å². The Morgan fingerprint density at radius 1 is 1.15 bits per heavy atom. The Bertz CT molecular complexity index is 746. The Balaban J connectivity index is 1.97. The molecule has 0 aliphatic carbocycles. The topological polar surface area (TPSA) is 50.4 Å². The Morgan fingerprint density at radius 2 is 1.85 bits per heavy atom. The predicted octanol–water partition coefficient (Wildman–Crippen LogP) is 4.18. The second kappa shape index (κ2) is 9.53. The van der Waals surface area contributed by atoms with E-state index in [0.717, 1.165) is 23.4 Å². The van der Waals surface area contributed by atoms with Crippen LogP contribution in [0.25, 0.3) is 0 Å². The van der Waals surface area contributed by atoms with Crippen molar-refractivity contribution in [2.24, 2.45) is 0 Å². The molecule has 1 unspecified atom stereocenters. The minimum absolute atomic E-state index is 0.132. The molecule has 2 aromatic rings. The molecule has 0 fully saturated rings. The first-order chi connectivity index (χ1) is 12.8. The zero-order chi connectivity index (χ0) is 19.9. The van der Waals surface area contributed by atoms with Crippen LogP contribution in [0.5, 0.6) is 0 Å². The summed E-state index contributed by atoms with van der Waals surface area (Å²) in [6.45, 7) is 2.29. The van der Waals surface area contributed by atoms with Gasteiger partial charge in [0.2, 0.25) is 5.91 Å². The van der Waals surface area contributed by atoms with Crippen molar-refractivity contribution in [3.05, 3.63) is 65.2 Å². The Kier molecular flexibility index (Phi) is 7.38. The van der Waals surface area contributed by atoms with E-state index < -0.39 is 11.7 Å². The van der Waals surface area contributed by atoms with Crippen LogP contribution >= 0.6 is 0 Å². The van der Waals surface area contributed by atoms with Crippen LogP contribution < -0.4 is 10.6 Å². The molecule has 4 nitrogen and oxygen atoms in total. The van der Waals surface area contributed by atoms with E-state index in [-0.39, 0.29) is 18.6 Å². The third kappa shape index (κ3) is 6.69. The molecule has 2 N–H and O–H groups in total. The number of methoxy groups -OCH3 is 1. The predicted molar refractivity (Wildman–Crippen MR) is 98.5 cm³/mol. The van der Waals surface area contributed by atoms with Gasteiger partial charge in [-0.25, -0.2) is 0 Å². The molecule has 1 amide bonds. The van der Waals surface area contributed by atoms with Gasteiger partial charge in [0.05, 0.1) is 18.2 Å².